The van der Waals surface area contributed by atoms with Crippen LogP contribution in [0.5, 0.6) is 0 Å². The Labute approximate surface area is 368 Å². The number of ether oxygens (including phenoxy) is 3. The van der Waals surface area contributed by atoms with Crippen molar-refractivity contribution in [1.29, 1.82) is 0 Å². The van der Waals surface area contributed by atoms with E-state index in [9.17, 15) is 20.1 Å². The van der Waals surface area contributed by atoms with Gasteiger partial charge >= 0.3 is 5.97 Å². The second-order valence-corrected chi connectivity index (χ2v) is 21.9. The van der Waals surface area contributed by atoms with Crippen LogP contribution >= 0.6 is 0 Å². The molecule has 1 aliphatic heterocycles. The first kappa shape index (κ1) is 50.0. The van der Waals surface area contributed by atoms with Crippen LogP contribution in [-0.2, 0) is 19.0 Å². The SMILES string of the molecule is CCCCCCCCCCCCCCCCCCCC(=O)OC[C@H]1O[C@@H](O[C@H]2CC[C@@]3(C)C(=CC[C@H]4[C@@H]5CC[C@H]([C@H](C)CCCC(C)C)[C@@]5(C)CC[C@@H]43)C2)[C@H](O)[C@@H](O)[C@@H]1O. The van der Waals surface area contributed by atoms with Crippen LogP contribution in [0.15, 0.2) is 11.6 Å². The number of carbonyl (C=O) groups is 1. The Morgan fingerprint density at radius 2 is 1.35 bits per heavy atom. The van der Waals surface area contributed by atoms with E-state index in [1.54, 1.807) is 0 Å². The molecular weight excluding hydrogens is 749 g/mol. The lowest BCUT2D eigenvalue weighted by Crippen LogP contribution is -2.60. The number of rotatable bonds is 27. The predicted molar refractivity (Wildman–Crippen MR) is 244 cm³/mol. The van der Waals surface area contributed by atoms with Gasteiger partial charge in [0.05, 0.1) is 6.10 Å². The molecule has 7 nitrogen and oxygen atoms in total. The number of aliphatic hydroxyl groups is 3. The molecule has 3 N–H and O–H groups in total. The van der Waals surface area contributed by atoms with Gasteiger partial charge in [-0.1, -0.05) is 175 Å². The molecular formula is C53H94O7. The molecule has 0 spiro atoms. The molecule has 0 radical (unpaired) electrons. The lowest BCUT2D eigenvalue weighted by Gasteiger charge is -2.58. The summed E-state index contributed by atoms with van der Waals surface area (Å²) in [6.45, 7) is 14.5. The molecule has 0 aromatic heterocycles. The van der Waals surface area contributed by atoms with Gasteiger partial charge in [0, 0.05) is 6.42 Å². The fourth-order valence-corrected chi connectivity index (χ4v) is 13.4. The summed E-state index contributed by atoms with van der Waals surface area (Å²) in [6, 6.07) is 0. The number of unbranched alkanes of at least 4 members (excludes halogenated alkanes) is 16. The van der Waals surface area contributed by atoms with Gasteiger partial charge in [-0.2, -0.15) is 0 Å². The van der Waals surface area contributed by atoms with Crippen molar-refractivity contribution in [3.63, 3.8) is 0 Å². The average molecular weight is 843 g/mol. The van der Waals surface area contributed by atoms with Crippen LogP contribution in [0.1, 0.15) is 228 Å². The lowest BCUT2D eigenvalue weighted by atomic mass is 9.47. The van der Waals surface area contributed by atoms with E-state index in [0.29, 0.717) is 17.8 Å². The maximum atomic E-state index is 12.6. The van der Waals surface area contributed by atoms with Crippen LogP contribution in [0.4, 0.5) is 0 Å². The quantitative estimate of drug-likeness (QED) is 0.0430. The van der Waals surface area contributed by atoms with Gasteiger partial charge in [-0.3, -0.25) is 4.79 Å². The highest BCUT2D eigenvalue weighted by molar-refractivity contribution is 5.69. The van der Waals surface area contributed by atoms with Gasteiger partial charge in [0.2, 0.25) is 0 Å². The Kier molecular flexibility index (Phi) is 20.8. The largest absolute Gasteiger partial charge is 0.463 e. The smallest absolute Gasteiger partial charge is 0.305 e. The minimum absolute atomic E-state index is 0.137. The summed E-state index contributed by atoms with van der Waals surface area (Å²) in [4.78, 5) is 12.6. The van der Waals surface area contributed by atoms with Crippen LogP contribution in [0.2, 0.25) is 0 Å². The van der Waals surface area contributed by atoms with Crippen LogP contribution in [-0.4, -0.2) is 64.7 Å². The van der Waals surface area contributed by atoms with Crippen molar-refractivity contribution in [3.05, 3.63) is 11.6 Å². The van der Waals surface area contributed by atoms with Crippen molar-refractivity contribution in [2.24, 2.45) is 46.3 Å². The molecule has 60 heavy (non-hydrogen) atoms. The maximum Gasteiger partial charge on any atom is 0.305 e. The van der Waals surface area contributed by atoms with Gasteiger partial charge in [-0.05, 0) is 104 Å². The molecule has 5 aliphatic rings. The topological polar surface area (TPSA) is 105 Å². The number of fused-ring (bicyclic) bond motifs is 5. The first-order valence-electron chi connectivity index (χ1n) is 26.1. The molecule has 5 rings (SSSR count). The van der Waals surface area contributed by atoms with E-state index in [0.717, 1.165) is 74.5 Å². The third-order valence-electron chi connectivity index (χ3n) is 17.1. The third-order valence-corrected chi connectivity index (χ3v) is 17.1. The van der Waals surface area contributed by atoms with E-state index in [-0.39, 0.29) is 24.1 Å². The van der Waals surface area contributed by atoms with Crippen LogP contribution < -0.4 is 0 Å². The first-order valence-corrected chi connectivity index (χ1v) is 26.1. The zero-order chi connectivity index (χ0) is 43.1. The monoisotopic (exact) mass is 843 g/mol. The summed E-state index contributed by atoms with van der Waals surface area (Å²) in [5.41, 5.74) is 2.15. The van der Waals surface area contributed by atoms with Crippen molar-refractivity contribution in [1.82, 2.24) is 0 Å². The molecule has 4 fully saturated rings. The normalized spacial score (nSPS) is 35.7. The summed E-state index contributed by atoms with van der Waals surface area (Å²) < 4.78 is 18.0. The van der Waals surface area contributed by atoms with Gasteiger partial charge in [0.15, 0.2) is 6.29 Å². The fraction of sp³-hybridized carbons (Fsp3) is 0.943. The first-order chi connectivity index (χ1) is 28.9. The molecule has 13 atom stereocenters. The molecule has 1 heterocycles. The minimum atomic E-state index is -1.44. The number of allylic oxidation sites excluding steroid dienone is 1. The van der Waals surface area contributed by atoms with Gasteiger partial charge in [-0.25, -0.2) is 0 Å². The summed E-state index contributed by atoms with van der Waals surface area (Å²) in [6.07, 6.45) is 32.0. The number of carbonyl (C=O) groups excluding carboxylic acids is 1. The second kappa shape index (κ2) is 24.9. The van der Waals surface area contributed by atoms with Crippen molar-refractivity contribution in [2.75, 3.05) is 6.61 Å². The average Bonchev–Trinajstić information content (AvgIpc) is 3.59. The van der Waals surface area contributed by atoms with Gasteiger partial charge in [0.25, 0.3) is 0 Å². The van der Waals surface area contributed by atoms with E-state index in [4.69, 9.17) is 14.2 Å². The highest BCUT2D eigenvalue weighted by Gasteiger charge is 2.59. The fourth-order valence-electron chi connectivity index (χ4n) is 13.4. The minimum Gasteiger partial charge on any atom is -0.463 e. The highest BCUT2D eigenvalue weighted by Crippen LogP contribution is 2.67. The molecule has 0 unspecified atom stereocenters. The van der Waals surface area contributed by atoms with Crippen LogP contribution in [0, 0.1) is 46.3 Å². The highest BCUT2D eigenvalue weighted by atomic mass is 16.7. The van der Waals surface area contributed by atoms with Crippen LogP contribution in [0.3, 0.4) is 0 Å². The summed E-state index contributed by atoms with van der Waals surface area (Å²) in [7, 11) is 0. The molecule has 4 aliphatic carbocycles. The van der Waals surface area contributed by atoms with E-state index >= 15 is 0 Å². The Bertz CT molecular complexity index is 1270. The third kappa shape index (κ3) is 13.5. The van der Waals surface area contributed by atoms with Crippen molar-refractivity contribution in [3.8, 4) is 0 Å². The number of aliphatic hydroxyl groups excluding tert-OH is 3. The Morgan fingerprint density at radius 1 is 0.733 bits per heavy atom. The maximum absolute atomic E-state index is 12.6. The lowest BCUT2D eigenvalue weighted by molar-refractivity contribution is -0.313. The van der Waals surface area contributed by atoms with E-state index in [1.807, 2.05) is 0 Å². The van der Waals surface area contributed by atoms with E-state index in [1.165, 1.54) is 140 Å². The number of hydrogen-bond acceptors (Lipinski definition) is 7. The molecule has 0 amide bonds. The molecule has 0 aromatic carbocycles. The van der Waals surface area contributed by atoms with E-state index < -0.39 is 30.7 Å². The summed E-state index contributed by atoms with van der Waals surface area (Å²) in [5, 5.41) is 32.5. The molecule has 1 saturated heterocycles. The predicted octanol–water partition coefficient (Wildman–Crippen LogP) is 12.8. The Balaban J connectivity index is 0.974. The summed E-state index contributed by atoms with van der Waals surface area (Å²) in [5.74, 6) is 4.45. The Hall–Kier alpha value is -0.990. The zero-order valence-electron chi connectivity index (χ0n) is 39.7. The standard InChI is InChI=1S/C53H94O7/c1-7-8-9-10-11-12-13-14-15-16-17-18-19-20-21-22-23-27-47(54)58-37-46-48(55)49(56)50(57)51(60-46)59-41-32-34-52(5)40(36-41)28-29-42-44-31-30-43(39(4)26-24-25-38(2)3)53(44,6)35-33-45(42)52/h28,38-39,41-46,48-51,55-57H,7-27,29-37H2,1-6H3/t39-,41+,42+,43-,44+,45+,46-,48-,49+,50-,51-,52+,53-/m1/s1. The van der Waals surface area contributed by atoms with Gasteiger partial charge in [0.1, 0.15) is 31.0 Å². The van der Waals surface area contributed by atoms with Gasteiger partial charge in [-0.15, -0.1) is 0 Å². The number of esters is 1. The number of hydrogen-bond donors (Lipinski definition) is 3. The Morgan fingerprint density at radius 3 is 1.97 bits per heavy atom. The van der Waals surface area contributed by atoms with E-state index in [2.05, 4.69) is 47.6 Å². The van der Waals surface area contributed by atoms with Gasteiger partial charge < -0.3 is 29.5 Å². The van der Waals surface area contributed by atoms with Crippen molar-refractivity contribution in [2.45, 2.75) is 265 Å². The summed E-state index contributed by atoms with van der Waals surface area (Å²) >= 11 is 0. The van der Waals surface area contributed by atoms with Crippen LogP contribution in [0.25, 0.3) is 0 Å². The van der Waals surface area contributed by atoms with Crippen molar-refractivity contribution >= 4 is 5.97 Å². The zero-order valence-corrected chi connectivity index (χ0v) is 39.7. The molecule has 0 aromatic rings. The second-order valence-electron chi connectivity index (χ2n) is 21.9. The molecule has 0 bridgehead atoms. The molecule has 348 valence electrons. The molecule has 7 heteroatoms. The molecule has 3 saturated carbocycles. The van der Waals surface area contributed by atoms with Crippen molar-refractivity contribution < 1.29 is 34.3 Å².